The van der Waals surface area contributed by atoms with Crippen molar-refractivity contribution in [2.75, 3.05) is 11.1 Å². The summed E-state index contributed by atoms with van der Waals surface area (Å²) in [6.45, 7) is 0. The minimum absolute atomic E-state index is 0.313. The first-order valence-corrected chi connectivity index (χ1v) is 4.89. The van der Waals surface area contributed by atoms with Gasteiger partial charge in [-0.2, -0.15) is 0 Å². The van der Waals surface area contributed by atoms with E-state index in [-0.39, 0.29) is 5.91 Å². The Hall–Kier alpha value is -2.01. The summed E-state index contributed by atoms with van der Waals surface area (Å²) in [7, 11) is 0. The lowest BCUT2D eigenvalue weighted by Gasteiger charge is -2.04. The summed E-state index contributed by atoms with van der Waals surface area (Å²) in [6.07, 6.45) is 4.57. The van der Waals surface area contributed by atoms with E-state index in [0.717, 1.165) is 0 Å². The summed E-state index contributed by atoms with van der Waals surface area (Å²) in [5.41, 5.74) is 6.83. The second-order valence-electron chi connectivity index (χ2n) is 3.16. The van der Waals surface area contributed by atoms with Crippen molar-refractivity contribution in [1.82, 2.24) is 9.97 Å². The molecule has 0 atom stereocenters. The van der Waals surface area contributed by atoms with Gasteiger partial charge in [0.1, 0.15) is 5.69 Å². The number of rotatable bonds is 2. The zero-order chi connectivity index (χ0) is 11.5. The number of aromatic nitrogens is 2. The molecule has 4 N–H and O–H groups in total. The topological polar surface area (TPSA) is 83.8 Å². The molecule has 0 radical (unpaired) electrons. The maximum atomic E-state index is 11.7. The van der Waals surface area contributed by atoms with E-state index in [1.54, 1.807) is 24.5 Å². The Morgan fingerprint density at radius 1 is 1.56 bits per heavy atom. The number of carbonyl (C=O) groups excluding carboxylic acids is 1. The number of anilines is 2. The fourth-order valence-electron chi connectivity index (χ4n) is 1.20. The van der Waals surface area contributed by atoms with Gasteiger partial charge in [0.25, 0.3) is 5.91 Å². The van der Waals surface area contributed by atoms with E-state index in [9.17, 15) is 4.79 Å². The van der Waals surface area contributed by atoms with Gasteiger partial charge in [-0.3, -0.25) is 9.78 Å². The number of nitrogens with two attached hydrogens (primary N) is 1. The van der Waals surface area contributed by atoms with Gasteiger partial charge in [-0.1, -0.05) is 11.6 Å². The van der Waals surface area contributed by atoms with Crippen molar-refractivity contribution < 1.29 is 4.79 Å². The highest BCUT2D eigenvalue weighted by Gasteiger charge is 2.09. The number of nitrogens with zero attached hydrogens (tertiary/aromatic N) is 1. The maximum absolute atomic E-state index is 11.7. The first kappa shape index (κ1) is 10.5. The van der Waals surface area contributed by atoms with Crippen molar-refractivity contribution in [2.24, 2.45) is 0 Å². The number of amides is 1. The normalized spacial score (nSPS) is 10.1. The fourth-order valence-corrected chi connectivity index (χ4v) is 1.35. The van der Waals surface area contributed by atoms with Crippen molar-refractivity contribution in [3.8, 4) is 0 Å². The second-order valence-corrected chi connectivity index (χ2v) is 3.56. The summed E-state index contributed by atoms with van der Waals surface area (Å²) in [5.74, 6) is -0.313. The first-order valence-electron chi connectivity index (χ1n) is 4.51. The Balaban J connectivity index is 2.17. The molecule has 2 heterocycles. The van der Waals surface area contributed by atoms with Gasteiger partial charge in [0.2, 0.25) is 0 Å². The zero-order valence-corrected chi connectivity index (χ0v) is 8.95. The van der Waals surface area contributed by atoms with Crippen LogP contribution in [-0.2, 0) is 0 Å². The summed E-state index contributed by atoms with van der Waals surface area (Å²) in [6, 6.07) is 3.14. The summed E-state index contributed by atoms with van der Waals surface area (Å²) < 4.78 is 0. The third-order valence-corrected chi connectivity index (χ3v) is 2.30. The summed E-state index contributed by atoms with van der Waals surface area (Å²) in [5, 5.41) is 3.05. The van der Waals surface area contributed by atoms with E-state index in [1.807, 2.05) is 0 Å². The Morgan fingerprint density at radius 3 is 3.00 bits per heavy atom. The molecule has 16 heavy (non-hydrogen) atoms. The van der Waals surface area contributed by atoms with Crippen LogP contribution in [0.15, 0.2) is 30.7 Å². The third-order valence-electron chi connectivity index (χ3n) is 1.97. The zero-order valence-electron chi connectivity index (χ0n) is 8.20. The number of carbonyl (C=O) groups is 1. The molecule has 2 aromatic rings. The van der Waals surface area contributed by atoms with Gasteiger partial charge < -0.3 is 16.0 Å². The summed E-state index contributed by atoms with van der Waals surface area (Å²) in [4.78, 5) is 18.3. The Bertz CT molecular complexity index is 523. The molecule has 0 saturated heterocycles. The molecule has 2 rings (SSSR count). The lowest BCUT2D eigenvalue weighted by atomic mass is 10.3. The number of hydrogen-bond acceptors (Lipinski definition) is 3. The van der Waals surface area contributed by atoms with E-state index < -0.39 is 0 Å². The molecule has 0 unspecified atom stereocenters. The third kappa shape index (κ3) is 2.14. The van der Waals surface area contributed by atoms with Crippen LogP contribution in [0.5, 0.6) is 0 Å². The van der Waals surface area contributed by atoms with Crippen LogP contribution in [-0.4, -0.2) is 15.9 Å². The highest BCUT2D eigenvalue weighted by Crippen LogP contribution is 2.19. The molecule has 1 amide bonds. The van der Waals surface area contributed by atoms with Crippen molar-refractivity contribution in [3.63, 3.8) is 0 Å². The van der Waals surface area contributed by atoms with Gasteiger partial charge >= 0.3 is 0 Å². The Morgan fingerprint density at radius 2 is 2.38 bits per heavy atom. The van der Waals surface area contributed by atoms with E-state index in [0.29, 0.717) is 22.1 Å². The van der Waals surface area contributed by atoms with Crippen LogP contribution in [0.3, 0.4) is 0 Å². The standard InChI is InChI=1S/C10H9ClN4O/c11-7-1-2-13-5-9(7)15-10(16)8-3-6(12)4-14-8/h1-5,14H,12H2,(H,15,16). The van der Waals surface area contributed by atoms with Crippen molar-refractivity contribution >= 4 is 28.9 Å². The van der Waals surface area contributed by atoms with Crippen molar-refractivity contribution in [3.05, 3.63) is 41.4 Å². The average Bonchev–Trinajstić information content (AvgIpc) is 2.68. The van der Waals surface area contributed by atoms with Gasteiger partial charge in [-0.15, -0.1) is 0 Å². The maximum Gasteiger partial charge on any atom is 0.272 e. The average molecular weight is 237 g/mol. The molecule has 2 aromatic heterocycles. The van der Waals surface area contributed by atoms with Crippen LogP contribution in [0.2, 0.25) is 5.02 Å². The highest BCUT2D eigenvalue weighted by atomic mass is 35.5. The number of halogens is 1. The van der Waals surface area contributed by atoms with Crippen LogP contribution < -0.4 is 11.1 Å². The molecule has 0 fully saturated rings. The molecule has 0 aliphatic rings. The van der Waals surface area contributed by atoms with E-state index in [4.69, 9.17) is 17.3 Å². The molecule has 0 aliphatic heterocycles. The first-order chi connectivity index (χ1) is 7.66. The quantitative estimate of drug-likeness (QED) is 0.745. The van der Waals surface area contributed by atoms with Crippen LogP contribution in [0, 0.1) is 0 Å². The lowest BCUT2D eigenvalue weighted by molar-refractivity contribution is 0.102. The molecular weight excluding hydrogens is 228 g/mol. The predicted octanol–water partition coefficient (Wildman–Crippen LogP) is 1.90. The Labute approximate surface area is 96.6 Å². The van der Waals surface area contributed by atoms with E-state index in [1.165, 1.54) is 6.20 Å². The molecular formula is C10H9ClN4O. The molecule has 5 nitrogen and oxygen atoms in total. The SMILES string of the molecule is Nc1c[nH]c(C(=O)Nc2cnccc2Cl)c1. The number of hydrogen-bond donors (Lipinski definition) is 3. The molecule has 0 aliphatic carbocycles. The molecule has 0 spiro atoms. The van der Waals surface area contributed by atoms with E-state index in [2.05, 4.69) is 15.3 Å². The molecule has 0 saturated carbocycles. The number of nitrogen functional groups attached to an aromatic ring is 1. The predicted molar refractivity (Wildman–Crippen MR) is 62.4 cm³/mol. The van der Waals surface area contributed by atoms with Crippen LogP contribution in [0.4, 0.5) is 11.4 Å². The summed E-state index contributed by atoms with van der Waals surface area (Å²) >= 11 is 5.87. The smallest absolute Gasteiger partial charge is 0.272 e. The Kier molecular flexibility index (Phi) is 2.78. The molecule has 0 bridgehead atoms. The van der Waals surface area contributed by atoms with Crippen LogP contribution >= 0.6 is 11.6 Å². The van der Waals surface area contributed by atoms with Gasteiger partial charge in [-0.25, -0.2) is 0 Å². The van der Waals surface area contributed by atoms with Crippen LogP contribution in [0.25, 0.3) is 0 Å². The van der Waals surface area contributed by atoms with Gasteiger partial charge in [0.15, 0.2) is 0 Å². The molecule has 0 aromatic carbocycles. The van der Waals surface area contributed by atoms with E-state index >= 15 is 0 Å². The minimum atomic E-state index is -0.313. The number of pyridine rings is 1. The molecule has 6 heteroatoms. The fraction of sp³-hybridized carbons (Fsp3) is 0. The number of H-pyrrole nitrogens is 1. The second kappa shape index (κ2) is 4.24. The van der Waals surface area contributed by atoms with Crippen molar-refractivity contribution in [2.45, 2.75) is 0 Å². The largest absolute Gasteiger partial charge is 0.397 e. The minimum Gasteiger partial charge on any atom is -0.397 e. The van der Waals surface area contributed by atoms with Gasteiger partial charge in [-0.05, 0) is 12.1 Å². The van der Waals surface area contributed by atoms with Crippen molar-refractivity contribution in [1.29, 1.82) is 0 Å². The van der Waals surface area contributed by atoms with Crippen LogP contribution in [0.1, 0.15) is 10.5 Å². The molecule has 82 valence electrons. The highest BCUT2D eigenvalue weighted by molar-refractivity contribution is 6.33. The monoisotopic (exact) mass is 236 g/mol. The number of aromatic amines is 1. The lowest BCUT2D eigenvalue weighted by Crippen LogP contribution is -2.12. The number of nitrogens with one attached hydrogen (secondary N) is 2. The van der Waals surface area contributed by atoms with Gasteiger partial charge in [0.05, 0.1) is 16.9 Å². The van der Waals surface area contributed by atoms with Gasteiger partial charge in [0, 0.05) is 18.1 Å².